The van der Waals surface area contributed by atoms with Crippen molar-refractivity contribution < 1.29 is 48.2 Å². The molecule has 1 radical (unpaired) electrons. The van der Waals surface area contributed by atoms with E-state index in [9.17, 15) is 0 Å². The Labute approximate surface area is 80.3 Å². The fourth-order valence-corrected chi connectivity index (χ4v) is 0.580. The van der Waals surface area contributed by atoms with Crippen molar-refractivity contribution in [2.45, 2.75) is 12.8 Å². The zero-order chi connectivity index (χ0) is 4.24. The van der Waals surface area contributed by atoms with Gasteiger partial charge in [-0.05, 0) is 19.3 Å². The molecule has 1 rings (SSSR count). The molecule has 0 aliphatic carbocycles. The van der Waals surface area contributed by atoms with Crippen molar-refractivity contribution in [3.63, 3.8) is 0 Å². The first-order chi connectivity index (χ1) is 3.00. The van der Waals surface area contributed by atoms with Crippen molar-refractivity contribution in [2.24, 2.45) is 0 Å². The zero-order valence-electron chi connectivity index (χ0n) is 4.90. The van der Waals surface area contributed by atoms with Crippen molar-refractivity contribution in [3.8, 4) is 0 Å². The van der Waals surface area contributed by atoms with Crippen LogP contribution >= 0.6 is 0 Å². The van der Waals surface area contributed by atoms with Gasteiger partial charge in [0.1, 0.15) is 0 Å². The Balaban J connectivity index is 0. The Kier molecular flexibility index (Phi) is 12.5. The minimum atomic E-state index is 0. The molecular formula is C5H9IOZn-. The van der Waals surface area contributed by atoms with E-state index in [1.54, 1.807) is 0 Å². The molecule has 0 aromatic carbocycles. The largest absolute Gasteiger partial charge is 1.00 e. The molecule has 3 heteroatoms. The summed E-state index contributed by atoms with van der Waals surface area (Å²) < 4.78 is 5.04. The molecule has 1 aliphatic heterocycles. The third kappa shape index (κ3) is 5.45. The van der Waals surface area contributed by atoms with Gasteiger partial charge >= 0.3 is 0 Å². The van der Waals surface area contributed by atoms with Gasteiger partial charge in [0.2, 0.25) is 0 Å². The van der Waals surface area contributed by atoms with Gasteiger partial charge in [-0.15, -0.1) is 0 Å². The number of rotatable bonds is 0. The second kappa shape index (κ2) is 8.31. The van der Waals surface area contributed by atoms with E-state index in [4.69, 9.17) is 4.74 Å². The first kappa shape index (κ1) is 12.0. The number of hydrogen-bond acceptors (Lipinski definition) is 1. The molecule has 1 aliphatic rings. The molecule has 0 amide bonds. The van der Waals surface area contributed by atoms with Crippen LogP contribution in [0.4, 0.5) is 0 Å². The minimum Gasteiger partial charge on any atom is -1.00 e. The van der Waals surface area contributed by atoms with Gasteiger partial charge in [0.25, 0.3) is 0 Å². The maximum Gasteiger partial charge on any atom is 0.0468 e. The molecule has 1 nitrogen and oxygen atoms in total. The molecule has 1 saturated heterocycles. The third-order valence-corrected chi connectivity index (χ3v) is 0.933. The van der Waals surface area contributed by atoms with Gasteiger partial charge in [-0.25, -0.2) is 0 Å². The van der Waals surface area contributed by atoms with Crippen LogP contribution in [-0.4, -0.2) is 13.2 Å². The normalized spacial score (nSPS) is 18.0. The van der Waals surface area contributed by atoms with Crippen molar-refractivity contribution >= 4 is 0 Å². The molecule has 0 unspecified atom stereocenters. The van der Waals surface area contributed by atoms with Crippen LogP contribution < -0.4 is 24.0 Å². The van der Waals surface area contributed by atoms with Crippen LogP contribution in [0.25, 0.3) is 0 Å². The monoisotopic (exact) mass is 276 g/mol. The van der Waals surface area contributed by atoms with Crippen molar-refractivity contribution in [3.05, 3.63) is 6.42 Å². The van der Waals surface area contributed by atoms with E-state index in [-0.39, 0.29) is 43.5 Å². The van der Waals surface area contributed by atoms with Gasteiger partial charge in [-0.3, -0.25) is 0 Å². The molecule has 0 atom stereocenters. The van der Waals surface area contributed by atoms with E-state index in [0.29, 0.717) is 0 Å². The average Bonchev–Trinajstić information content (AvgIpc) is 1.72. The number of ether oxygens (including phenoxy) is 1. The summed E-state index contributed by atoms with van der Waals surface area (Å²) in [5.41, 5.74) is 0. The summed E-state index contributed by atoms with van der Waals surface area (Å²) in [4.78, 5) is 0. The van der Waals surface area contributed by atoms with Crippen LogP contribution in [0.2, 0.25) is 0 Å². The summed E-state index contributed by atoms with van der Waals surface area (Å²) in [5, 5.41) is 0. The molecule has 0 N–H and O–H groups in total. The second-order valence-corrected chi connectivity index (χ2v) is 1.48. The van der Waals surface area contributed by atoms with Gasteiger partial charge in [-0.2, -0.15) is 0 Å². The van der Waals surface area contributed by atoms with Crippen LogP contribution in [0.1, 0.15) is 12.8 Å². The van der Waals surface area contributed by atoms with Gasteiger partial charge in [0.05, 0.1) is 0 Å². The van der Waals surface area contributed by atoms with Crippen LogP contribution in [0.3, 0.4) is 0 Å². The van der Waals surface area contributed by atoms with E-state index < -0.39 is 0 Å². The maximum atomic E-state index is 5.04. The molecule has 0 bridgehead atoms. The molecule has 1 heterocycles. The predicted molar refractivity (Wildman–Crippen MR) is 24.4 cm³/mol. The SMILES string of the molecule is [CH]1CCOCC1.[I-].[Zn]. The summed E-state index contributed by atoms with van der Waals surface area (Å²) in [6, 6.07) is 0. The third-order valence-electron chi connectivity index (χ3n) is 0.933. The zero-order valence-corrected chi connectivity index (χ0v) is 10.0. The van der Waals surface area contributed by atoms with Gasteiger partial charge in [0.15, 0.2) is 0 Å². The summed E-state index contributed by atoms with van der Waals surface area (Å²) in [6.07, 6.45) is 4.57. The minimum absolute atomic E-state index is 0. The Morgan fingerprint density at radius 3 is 1.75 bits per heavy atom. The molecule has 0 saturated carbocycles. The van der Waals surface area contributed by atoms with Gasteiger partial charge in [-0.1, -0.05) is 0 Å². The first-order valence-corrected chi connectivity index (χ1v) is 2.39. The van der Waals surface area contributed by atoms with Crippen molar-refractivity contribution in [1.29, 1.82) is 0 Å². The molecule has 0 aromatic rings. The predicted octanol–water partition coefficient (Wildman–Crippen LogP) is -2.00. The smallest absolute Gasteiger partial charge is 0.0468 e. The Bertz CT molecular complexity index is 27.9. The van der Waals surface area contributed by atoms with E-state index in [0.717, 1.165) is 26.1 Å². The summed E-state index contributed by atoms with van der Waals surface area (Å²) in [6.45, 7) is 1.89. The fourth-order valence-electron chi connectivity index (χ4n) is 0.580. The van der Waals surface area contributed by atoms with Crippen LogP contribution in [-0.2, 0) is 24.2 Å². The molecular weight excluding hydrogens is 268 g/mol. The Morgan fingerprint density at radius 1 is 1.12 bits per heavy atom. The molecule has 1 fully saturated rings. The maximum absolute atomic E-state index is 5.04. The fraction of sp³-hybridized carbons (Fsp3) is 0.800. The average molecular weight is 277 g/mol. The van der Waals surface area contributed by atoms with Crippen LogP contribution in [0.5, 0.6) is 0 Å². The summed E-state index contributed by atoms with van der Waals surface area (Å²) >= 11 is 0. The Hall–Kier alpha value is 1.31. The topological polar surface area (TPSA) is 9.23 Å². The van der Waals surface area contributed by atoms with E-state index in [2.05, 4.69) is 6.42 Å². The van der Waals surface area contributed by atoms with E-state index >= 15 is 0 Å². The van der Waals surface area contributed by atoms with Crippen LogP contribution in [0.15, 0.2) is 0 Å². The molecule has 45 valence electrons. The summed E-state index contributed by atoms with van der Waals surface area (Å²) in [7, 11) is 0. The number of hydrogen-bond donors (Lipinski definition) is 0. The van der Waals surface area contributed by atoms with Crippen molar-refractivity contribution in [1.82, 2.24) is 0 Å². The van der Waals surface area contributed by atoms with E-state index in [1.165, 1.54) is 0 Å². The molecule has 0 spiro atoms. The van der Waals surface area contributed by atoms with Crippen molar-refractivity contribution in [2.75, 3.05) is 13.2 Å². The van der Waals surface area contributed by atoms with Gasteiger partial charge < -0.3 is 28.7 Å². The van der Waals surface area contributed by atoms with Crippen LogP contribution in [0, 0.1) is 6.42 Å². The second-order valence-electron chi connectivity index (χ2n) is 1.48. The summed E-state index contributed by atoms with van der Waals surface area (Å²) in [5.74, 6) is 0. The van der Waals surface area contributed by atoms with Gasteiger partial charge in [0, 0.05) is 32.7 Å². The molecule has 0 aromatic heterocycles. The van der Waals surface area contributed by atoms with E-state index in [1.807, 2.05) is 0 Å². The number of halogens is 1. The quantitative estimate of drug-likeness (QED) is 0.368. The Morgan fingerprint density at radius 2 is 1.62 bits per heavy atom. The first-order valence-electron chi connectivity index (χ1n) is 2.39. The standard InChI is InChI=1S/C5H9O.HI.Zn/c1-2-4-6-5-3-1;;/h1H,2-5H2;1H;/p-1. The molecule has 8 heavy (non-hydrogen) atoms.